The van der Waals surface area contributed by atoms with Gasteiger partial charge in [0.05, 0.1) is 5.75 Å². The van der Waals surface area contributed by atoms with Crippen molar-refractivity contribution in [2.24, 2.45) is 0 Å². The molecule has 2 aromatic rings. The predicted molar refractivity (Wildman–Crippen MR) is 84.1 cm³/mol. The van der Waals surface area contributed by atoms with Crippen molar-refractivity contribution in [1.29, 1.82) is 0 Å². The van der Waals surface area contributed by atoms with Gasteiger partial charge in [-0.2, -0.15) is 0 Å². The standard InChI is InChI=1S/C14H19N5O2S/c1-9-7-11(20)16-13-17-18-14(19(9)13)22-8-12(21)15-10-5-3-2-4-6-10/h7,10H,2-6,8H2,1H3,(H,15,21)(H,16,17,20). The SMILES string of the molecule is Cc1cc(=O)[nH]c2nnc(SCC(=O)NC3CCCCC3)n12. The molecular weight excluding hydrogens is 302 g/mol. The van der Waals surface area contributed by atoms with Crippen molar-refractivity contribution < 1.29 is 4.79 Å². The number of amides is 1. The maximum absolute atomic E-state index is 12.0. The lowest BCUT2D eigenvalue weighted by Crippen LogP contribution is -2.37. The third-order valence-corrected chi connectivity index (χ3v) is 4.79. The Morgan fingerprint density at radius 3 is 2.95 bits per heavy atom. The van der Waals surface area contributed by atoms with Gasteiger partial charge in [0.25, 0.3) is 5.56 Å². The topological polar surface area (TPSA) is 92.2 Å². The Balaban J connectivity index is 1.64. The monoisotopic (exact) mass is 321 g/mol. The van der Waals surface area contributed by atoms with Crippen molar-refractivity contribution in [1.82, 2.24) is 24.9 Å². The van der Waals surface area contributed by atoms with Crippen LogP contribution >= 0.6 is 11.8 Å². The normalized spacial score (nSPS) is 16.0. The van der Waals surface area contributed by atoms with Crippen LogP contribution in [0.1, 0.15) is 37.8 Å². The average molecular weight is 321 g/mol. The van der Waals surface area contributed by atoms with Crippen LogP contribution in [-0.4, -0.2) is 37.3 Å². The summed E-state index contributed by atoms with van der Waals surface area (Å²) in [4.78, 5) is 26.1. The Labute approximate surface area is 131 Å². The summed E-state index contributed by atoms with van der Waals surface area (Å²) in [5, 5.41) is 11.7. The molecule has 1 aliphatic rings. The summed E-state index contributed by atoms with van der Waals surface area (Å²) in [6, 6.07) is 1.80. The summed E-state index contributed by atoms with van der Waals surface area (Å²) in [6.07, 6.45) is 5.80. The summed E-state index contributed by atoms with van der Waals surface area (Å²) < 4.78 is 1.75. The lowest BCUT2D eigenvalue weighted by atomic mass is 9.95. The molecule has 1 fully saturated rings. The van der Waals surface area contributed by atoms with Crippen LogP contribution < -0.4 is 10.9 Å². The van der Waals surface area contributed by atoms with Crippen LogP contribution in [0.2, 0.25) is 0 Å². The van der Waals surface area contributed by atoms with Gasteiger partial charge in [-0.1, -0.05) is 31.0 Å². The number of rotatable bonds is 4. The molecular formula is C14H19N5O2S. The minimum absolute atomic E-state index is 0.0238. The molecule has 118 valence electrons. The van der Waals surface area contributed by atoms with Gasteiger partial charge in [0.1, 0.15) is 0 Å². The highest BCUT2D eigenvalue weighted by atomic mass is 32.2. The van der Waals surface area contributed by atoms with Crippen molar-refractivity contribution in [2.45, 2.75) is 50.2 Å². The van der Waals surface area contributed by atoms with E-state index in [2.05, 4.69) is 20.5 Å². The Morgan fingerprint density at radius 2 is 2.18 bits per heavy atom. The molecule has 1 aliphatic carbocycles. The number of carbonyl (C=O) groups is 1. The molecule has 1 amide bonds. The molecule has 0 aliphatic heterocycles. The molecule has 0 unspecified atom stereocenters. The van der Waals surface area contributed by atoms with E-state index in [9.17, 15) is 9.59 Å². The fraction of sp³-hybridized carbons (Fsp3) is 0.571. The maximum Gasteiger partial charge on any atom is 0.252 e. The van der Waals surface area contributed by atoms with E-state index < -0.39 is 0 Å². The van der Waals surface area contributed by atoms with E-state index in [0.717, 1.165) is 18.5 Å². The van der Waals surface area contributed by atoms with Gasteiger partial charge in [-0.3, -0.25) is 19.0 Å². The molecule has 2 N–H and O–H groups in total. The predicted octanol–water partition coefficient (Wildman–Crippen LogP) is 1.27. The summed E-state index contributed by atoms with van der Waals surface area (Å²) in [5.41, 5.74) is 0.544. The van der Waals surface area contributed by atoms with Gasteiger partial charge in [0.15, 0.2) is 5.16 Å². The number of nitrogens with one attached hydrogen (secondary N) is 2. The van der Waals surface area contributed by atoms with Crippen LogP contribution in [0.3, 0.4) is 0 Å². The summed E-state index contributed by atoms with van der Waals surface area (Å²) in [5.74, 6) is 0.728. The fourth-order valence-corrected chi connectivity index (χ4v) is 3.61. The number of aryl methyl sites for hydroxylation is 1. The lowest BCUT2D eigenvalue weighted by Gasteiger charge is -2.22. The number of nitrogens with zero attached hydrogens (tertiary/aromatic N) is 3. The number of aromatic nitrogens is 4. The minimum atomic E-state index is -0.205. The molecule has 8 heteroatoms. The van der Waals surface area contributed by atoms with Gasteiger partial charge in [0, 0.05) is 17.8 Å². The highest BCUT2D eigenvalue weighted by Crippen LogP contribution is 2.19. The van der Waals surface area contributed by atoms with E-state index >= 15 is 0 Å². The molecule has 3 rings (SSSR count). The van der Waals surface area contributed by atoms with Crippen molar-refractivity contribution in [3.05, 3.63) is 22.1 Å². The molecule has 0 bridgehead atoms. The number of hydrogen-bond acceptors (Lipinski definition) is 5. The zero-order valence-electron chi connectivity index (χ0n) is 12.5. The minimum Gasteiger partial charge on any atom is -0.353 e. The van der Waals surface area contributed by atoms with Gasteiger partial charge in [0.2, 0.25) is 11.7 Å². The second-order valence-electron chi connectivity index (χ2n) is 5.61. The molecule has 7 nitrogen and oxygen atoms in total. The second kappa shape index (κ2) is 6.51. The Morgan fingerprint density at radius 1 is 1.41 bits per heavy atom. The second-order valence-corrected chi connectivity index (χ2v) is 6.55. The molecule has 2 heterocycles. The van der Waals surface area contributed by atoms with Crippen LogP contribution in [-0.2, 0) is 4.79 Å². The first-order chi connectivity index (χ1) is 10.6. The Bertz CT molecular complexity index is 732. The average Bonchev–Trinajstić information content (AvgIpc) is 2.89. The number of aromatic amines is 1. The van der Waals surface area contributed by atoms with Gasteiger partial charge in [-0.15, -0.1) is 10.2 Å². The van der Waals surface area contributed by atoms with E-state index in [4.69, 9.17) is 0 Å². The first kappa shape index (κ1) is 15.1. The van der Waals surface area contributed by atoms with E-state index in [-0.39, 0.29) is 11.5 Å². The van der Waals surface area contributed by atoms with E-state index in [1.807, 2.05) is 6.92 Å². The van der Waals surface area contributed by atoms with Crippen LogP contribution in [0.15, 0.2) is 16.0 Å². The molecule has 0 aromatic carbocycles. The largest absolute Gasteiger partial charge is 0.353 e. The third-order valence-electron chi connectivity index (χ3n) is 3.86. The number of hydrogen-bond donors (Lipinski definition) is 2. The molecule has 0 saturated heterocycles. The zero-order chi connectivity index (χ0) is 15.5. The number of carbonyl (C=O) groups excluding carboxylic acids is 1. The highest BCUT2D eigenvalue weighted by Gasteiger charge is 2.17. The maximum atomic E-state index is 12.0. The quantitative estimate of drug-likeness (QED) is 0.827. The number of H-pyrrole nitrogens is 1. The van der Waals surface area contributed by atoms with Crippen molar-refractivity contribution in [3.63, 3.8) is 0 Å². The third kappa shape index (κ3) is 3.32. The molecule has 0 spiro atoms. The zero-order valence-corrected chi connectivity index (χ0v) is 13.3. The van der Waals surface area contributed by atoms with E-state index in [1.54, 1.807) is 4.40 Å². The molecule has 2 aromatic heterocycles. The van der Waals surface area contributed by atoms with Gasteiger partial charge in [-0.05, 0) is 19.8 Å². The summed E-state index contributed by atoms with van der Waals surface area (Å²) >= 11 is 1.33. The fourth-order valence-electron chi connectivity index (χ4n) is 2.81. The van der Waals surface area contributed by atoms with Gasteiger partial charge >= 0.3 is 0 Å². The Hall–Kier alpha value is -1.83. The molecule has 0 radical (unpaired) electrons. The van der Waals surface area contributed by atoms with Crippen molar-refractivity contribution in [3.8, 4) is 0 Å². The van der Waals surface area contributed by atoms with E-state index in [0.29, 0.717) is 22.7 Å². The van der Waals surface area contributed by atoms with Crippen molar-refractivity contribution >= 4 is 23.4 Å². The Kier molecular flexibility index (Phi) is 4.47. The van der Waals surface area contributed by atoms with Crippen LogP contribution in [0.25, 0.3) is 5.78 Å². The first-order valence-corrected chi connectivity index (χ1v) is 8.49. The van der Waals surface area contributed by atoms with Crippen LogP contribution in [0.5, 0.6) is 0 Å². The summed E-state index contributed by atoms with van der Waals surface area (Å²) in [7, 11) is 0. The van der Waals surface area contributed by atoms with Gasteiger partial charge < -0.3 is 5.32 Å². The number of fused-ring (bicyclic) bond motifs is 1. The molecule has 22 heavy (non-hydrogen) atoms. The number of thioether (sulfide) groups is 1. The van der Waals surface area contributed by atoms with Crippen LogP contribution in [0, 0.1) is 6.92 Å². The summed E-state index contributed by atoms with van der Waals surface area (Å²) in [6.45, 7) is 1.82. The van der Waals surface area contributed by atoms with Crippen molar-refractivity contribution in [2.75, 3.05) is 5.75 Å². The van der Waals surface area contributed by atoms with Crippen LogP contribution in [0.4, 0.5) is 0 Å². The smallest absolute Gasteiger partial charge is 0.252 e. The van der Waals surface area contributed by atoms with E-state index in [1.165, 1.54) is 37.1 Å². The first-order valence-electron chi connectivity index (χ1n) is 7.51. The molecule has 1 saturated carbocycles. The highest BCUT2D eigenvalue weighted by molar-refractivity contribution is 7.99. The van der Waals surface area contributed by atoms with Gasteiger partial charge in [-0.25, -0.2) is 0 Å². The lowest BCUT2D eigenvalue weighted by molar-refractivity contribution is -0.119. The molecule has 0 atom stereocenters.